The van der Waals surface area contributed by atoms with Crippen molar-refractivity contribution in [2.24, 2.45) is 0 Å². The molecular weight excluding hydrogens is 372 g/mol. The van der Waals surface area contributed by atoms with E-state index >= 15 is 0 Å². The summed E-state index contributed by atoms with van der Waals surface area (Å²) in [5.41, 5.74) is 2.68. The Hall–Kier alpha value is -3.25. The van der Waals surface area contributed by atoms with Crippen molar-refractivity contribution >= 4 is 17.1 Å². The van der Waals surface area contributed by atoms with Gasteiger partial charge < -0.3 is 23.7 Å². The number of carbonyl (C=O) groups is 1. The molecule has 3 aromatic rings. The molecule has 0 N–H and O–H groups in total. The lowest BCUT2D eigenvalue weighted by molar-refractivity contribution is 0.0514. The molecule has 0 heterocycles. The Morgan fingerprint density at radius 1 is 0.897 bits per heavy atom. The van der Waals surface area contributed by atoms with E-state index in [1.807, 2.05) is 43.3 Å². The van der Waals surface area contributed by atoms with Crippen molar-refractivity contribution < 1.29 is 28.5 Å². The number of fused-ring (bicyclic) bond motifs is 1. The summed E-state index contributed by atoms with van der Waals surface area (Å²) in [5, 5.41) is 1.59. The lowest BCUT2D eigenvalue weighted by Gasteiger charge is -2.20. The Morgan fingerprint density at radius 3 is 2.28 bits per heavy atom. The maximum atomic E-state index is 11.9. The average Bonchev–Trinajstić information content (AvgIpc) is 2.75. The van der Waals surface area contributed by atoms with Crippen molar-refractivity contribution in [3.63, 3.8) is 0 Å². The van der Waals surface area contributed by atoms with Gasteiger partial charge in [-0.3, -0.25) is 4.79 Å². The normalized spacial score (nSPS) is 10.7. The van der Waals surface area contributed by atoms with E-state index in [4.69, 9.17) is 23.7 Å². The lowest BCUT2D eigenvalue weighted by Crippen LogP contribution is -2.04. The third-order valence-corrected chi connectivity index (χ3v) is 4.69. The molecule has 0 fully saturated rings. The second kappa shape index (κ2) is 8.84. The number of aldehydes is 1. The summed E-state index contributed by atoms with van der Waals surface area (Å²) in [7, 11) is 6.34. The first-order chi connectivity index (χ1) is 14.1. The number of carbonyl (C=O) groups excluding carboxylic acids is 1. The Bertz CT molecular complexity index is 1040. The van der Waals surface area contributed by atoms with E-state index in [1.165, 1.54) is 0 Å². The zero-order valence-electron chi connectivity index (χ0n) is 17.2. The number of methoxy groups -OCH3 is 4. The van der Waals surface area contributed by atoms with Crippen LogP contribution in [0.4, 0.5) is 0 Å². The van der Waals surface area contributed by atoms with Gasteiger partial charge in [0.05, 0.1) is 26.7 Å². The van der Waals surface area contributed by atoms with Crippen LogP contribution < -0.4 is 18.9 Å². The number of ether oxygens (including phenoxy) is 5. The van der Waals surface area contributed by atoms with Gasteiger partial charge in [-0.1, -0.05) is 12.1 Å². The Balaban J connectivity index is 2.43. The summed E-state index contributed by atoms with van der Waals surface area (Å²) in [6.07, 6.45) is 0.809. The van der Waals surface area contributed by atoms with Gasteiger partial charge in [-0.15, -0.1) is 0 Å². The largest absolute Gasteiger partial charge is 0.496 e. The van der Waals surface area contributed by atoms with Gasteiger partial charge in [0.2, 0.25) is 0 Å². The smallest absolute Gasteiger partial charge is 0.188 e. The molecule has 0 radical (unpaired) electrons. The van der Waals surface area contributed by atoms with Crippen LogP contribution in [0.15, 0.2) is 36.4 Å². The van der Waals surface area contributed by atoms with Gasteiger partial charge in [-0.25, -0.2) is 0 Å². The van der Waals surface area contributed by atoms with Crippen LogP contribution >= 0.6 is 0 Å². The van der Waals surface area contributed by atoms with Crippen LogP contribution in [0.5, 0.6) is 23.0 Å². The van der Waals surface area contributed by atoms with E-state index in [0.717, 1.165) is 22.6 Å². The topological polar surface area (TPSA) is 63.2 Å². The highest BCUT2D eigenvalue weighted by molar-refractivity contribution is 6.05. The van der Waals surface area contributed by atoms with E-state index in [9.17, 15) is 4.79 Å². The molecule has 0 saturated heterocycles. The molecule has 3 rings (SSSR count). The Labute approximate surface area is 169 Å². The fraction of sp³-hybridized carbons (Fsp3) is 0.261. The third-order valence-electron chi connectivity index (χ3n) is 4.69. The monoisotopic (exact) mass is 396 g/mol. The molecule has 0 amide bonds. The summed E-state index contributed by atoms with van der Waals surface area (Å²) >= 11 is 0. The fourth-order valence-electron chi connectivity index (χ4n) is 3.52. The minimum Gasteiger partial charge on any atom is -0.496 e. The van der Waals surface area contributed by atoms with E-state index in [-0.39, 0.29) is 6.79 Å². The number of hydrogen-bond acceptors (Lipinski definition) is 6. The molecular formula is C23H24O6. The van der Waals surface area contributed by atoms with E-state index in [2.05, 4.69) is 0 Å². The molecule has 6 heteroatoms. The Kier molecular flexibility index (Phi) is 6.24. The number of hydrogen-bond donors (Lipinski definition) is 0. The molecule has 6 nitrogen and oxygen atoms in total. The summed E-state index contributed by atoms with van der Waals surface area (Å²) in [5.74, 6) is 2.38. The first kappa shape index (κ1) is 20.5. The van der Waals surface area contributed by atoms with Crippen LogP contribution in [0.1, 0.15) is 15.9 Å². The van der Waals surface area contributed by atoms with Crippen LogP contribution in [0.3, 0.4) is 0 Å². The SMILES string of the molecule is COCOc1cc(C)cc(C=O)c1-c1cc(OC)c2c(OC)cccc2c1OC. The highest BCUT2D eigenvalue weighted by Gasteiger charge is 2.23. The van der Waals surface area contributed by atoms with Crippen molar-refractivity contribution in [3.05, 3.63) is 47.5 Å². The quantitative estimate of drug-likeness (QED) is 0.408. The lowest BCUT2D eigenvalue weighted by atomic mass is 9.93. The first-order valence-electron chi connectivity index (χ1n) is 9.03. The average molecular weight is 396 g/mol. The van der Waals surface area contributed by atoms with Crippen LogP contribution in [0, 0.1) is 6.92 Å². The third kappa shape index (κ3) is 3.71. The van der Waals surface area contributed by atoms with Crippen molar-refractivity contribution in [3.8, 4) is 34.1 Å². The molecule has 152 valence electrons. The minimum atomic E-state index is 0.0512. The highest BCUT2D eigenvalue weighted by atomic mass is 16.7. The van der Waals surface area contributed by atoms with Crippen molar-refractivity contribution in [2.45, 2.75) is 6.92 Å². The molecule has 3 aromatic carbocycles. The van der Waals surface area contributed by atoms with E-state index < -0.39 is 0 Å². The number of aryl methyl sites for hydroxylation is 1. The van der Waals surface area contributed by atoms with Gasteiger partial charge in [0.25, 0.3) is 0 Å². The van der Waals surface area contributed by atoms with Gasteiger partial charge in [0.15, 0.2) is 13.1 Å². The number of benzene rings is 3. The standard InChI is InChI=1S/C23H24O6/c1-14-9-15(12-24)21(20(10-14)29-13-25-2)17-11-19(27-4)22-16(23(17)28-5)7-6-8-18(22)26-3/h6-12H,13H2,1-5H3. The van der Waals surface area contributed by atoms with Crippen LogP contribution in [-0.4, -0.2) is 41.5 Å². The van der Waals surface area contributed by atoms with Gasteiger partial charge in [-0.05, 0) is 36.8 Å². The molecule has 0 aliphatic carbocycles. The van der Waals surface area contributed by atoms with E-state index in [1.54, 1.807) is 28.4 Å². The molecule has 0 saturated carbocycles. The zero-order valence-corrected chi connectivity index (χ0v) is 17.2. The van der Waals surface area contributed by atoms with Gasteiger partial charge in [0, 0.05) is 29.2 Å². The number of rotatable bonds is 8. The van der Waals surface area contributed by atoms with Gasteiger partial charge >= 0.3 is 0 Å². The maximum absolute atomic E-state index is 11.9. The van der Waals surface area contributed by atoms with Crippen LogP contribution in [-0.2, 0) is 4.74 Å². The zero-order chi connectivity index (χ0) is 21.0. The first-order valence-corrected chi connectivity index (χ1v) is 9.03. The summed E-state index contributed by atoms with van der Waals surface area (Å²) in [6, 6.07) is 11.2. The van der Waals surface area contributed by atoms with Gasteiger partial charge in [-0.2, -0.15) is 0 Å². The van der Waals surface area contributed by atoms with Crippen molar-refractivity contribution in [1.29, 1.82) is 0 Å². The molecule has 0 aliphatic heterocycles. The molecule has 0 atom stereocenters. The summed E-state index contributed by atoms with van der Waals surface area (Å²) in [6.45, 7) is 1.95. The molecule has 0 aromatic heterocycles. The molecule has 0 spiro atoms. The molecule has 0 unspecified atom stereocenters. The second-order valence-corrected chi connectivity index (χ2v) is 6.44. The maximum Gasteiger partial charge on any atom is 0.188 e. The Morgan fingerprint density at radius 2 is 1.66 bits per heavy atom. The summed E-state index contributed by atoms with van der Waals surface area (Å²) < 4.78 is 27.8. The predicted octanol–water partition coefficient (Wildman–Crippen LogP) is 4.64. The summed E-state index contributed by atoms with van der Waals surface area (Å²) in [4.78, 5) is 11.9. The van der Waals surface area contributed by atoms with Crippen molar-refractivity contribution in [1.82, 2.24) is 0 Å². The predicted molar refractivity (Wildman–Crippen MR) is 112 cm³/mol. The molecule has 0 aliphatic rings. The van der Waals surface area contributed by atoms with Crippen molar-refractivity contribution in [2.75, 3.05) is 35.2 Å². The highest BCUT2D eigenvalue weighted by Crippen LogP contribution is 2.48. The van der Waals surface area contributed by atoms with E-state index in [0.29, 0.717) is 39.7 Å². The second-order valence-electron chi connectivity index (χ2n) is 6.44. The molecule has 29 heavy (non-hydrogen) atoms. The molecule has 0 bridgehead atoms. The fourth-order valence-corrected chi connectivity index (χ4v) is 3.52. The minimum absolute atomic E-state index is 0.0512. The van der Waals surface area contributed by atoms with Gasteiger partial charge in [0.1, 0.15) is 23.0 Å². The van der Waals surface area contributed by atoms with Crippen LogP contribution in [0.25, 0.3) is 21.9 Å². The van der Waals surface area contributed by atoms with Crippen LogP contribution in [0.2, 0.25) is 0 Å².